The van der Waals surface area contributed by atoms with Crippen LogP contribution in [0.3, 0.4) is 0 Å². The molecule has 0 fully saturated rings. The van der Waals surface area contributed by atoms with Gasteiger partial charge in [0.05, 0.1) is 21.3 Å². The summed E-state index contributed by atoms with van der Waals surface area (Å²) in [4.78, 5) is 4.34. The Balaban J connectivity index is 2.79. The highest BCUT2D eigenvalue weighted by atomic mass is 16.5. The van der Waals surface area contributed by atoms with Crippen molar-refractivity contribution < 1.29 is 14.2 Å². The zero-order valence-corrected chi connectivity index (χ0v) is 11.6. The number of ether oxygens (including phenoxy) is 3. The van der Waals surface area contributed by atoms with Crippen molar-refractivity contribution in [3.05, 3.63) is 18.3 Å². The van der Waals surface area contributed by atoms with Gasteiger partial charge in [0, 0.05) is 23.5 Å². The molecular weight excluding hydrogens is 244 g/mol. The number of methoxy groups -OCH3 is 3. The van der Waals surface area contributed by atoms with Crippen molar-refractivity contribution in [3.8, 4) is 17.2 Å². The molecule has 0 amide bonds. The number of hydrogen-bond acceptors (Lipinski definition) is 5. The van der Waals surface area contributed by atoms with Crippen LogP contribution in [-0.2, 0) is 0 Å². The monoisotopic (exact) mass is 262 g/mol. The van der Waals surface area contributed by atoms with Crippen LogP contribution in [0.2, 0.25) is 0 Å². The predicted octanol–water partition coefficient (Wildman–Crippen LogP) is 2.69. The van der Waals surface area contributed by atoms with Crippen molar-refractivity contribution in [1.82, 2.24) is 4.98 Å². The number of rotatable bonds is 5. The molecular formula is C14H18N2O3. The van der Waals surface area contributed by atoms with Crippen LogP contribution in [0.4, 0.5) is 5.82 Å². The molecule has 0 unspecified atom stereocenters. The summed E-state index contributed by atoms with van der Waals surface area (Å²) >= 11 is 0. The van der Waals surface area contributed by atoms with Gasteiger partial charge in [-0.3, -0.25) is 0 Å². The van der Waals surface area contributed by atoms with Crippen molar-refractivity contribution in [2.45, 2.75) is 6.92 Å². The summed E-state index contributed by atoms with van der Waals surface area (Å²) in [6.45, 7) is 2.82. The first-order chi connectivity index (χ1) is 9.26. The highest BCUT2D eigenvalue weighted by Gasteiger charge is 2.17. The van der Waals surface area contributed by atoms with E-state index in [4.69, 9.17) is 14.2 Å². The minimum Gasteiger partial charge on any atom is -0.493 e. The van der Waals surface area contributed by atoms with Crippen LogP contribution in [0, 0.1) is 0 Å². The van der Waals surface area contributed by atoms with E-state index in [0.717, 1.165) is 23.1 Å². The van der Waals surface area contributed by atoms with Gasteiger partial charge in [0.2, 0.25) is 5.75 Å². The normalized spacial score (nSPS) is 10.3. The Hall–Kier alpha value is -2.17. The van der Waals surface area contributed by atoms with Crippen LogP contribution in [-0.4, -0.2) is 32.9 Å². The van der Waals surface area contributed by atoms with Gasteiger partial charge in [-0.15, -0.1) is 0 Å². The lowest BCUT2D eigenvalue weighted by Gasteiger charge is -2.16. The molecule has 1 heterocycles. The lowest BCUT2D eigenvalue weighted by Crippen LogP contribution is -2.01. The summed E-state index contributed by atoms with van der Waals surface area (Å²) in [5.41, 5.74) is 0. The number of fused-ring (bicyclic) bond motifs is 1. The van der Waals surface area contributed by atoms with Crippen molar-refractivity contribution in [3.63, 3.8) is 0 Å². The van der Waals surface area contributed by atoms with Crippen LogP contribution in [0.25, 0.3) is 10.8 Å². The molecule has 5 nitrogen and oxygen atoms in total. The molecule has 0 bridgehead atoms. The number of benzene rings is 1. The van der Waals surface area contributed by atoms with Crippen molar-refractivity contribution in [1.29, 1.82) is 0 Å². The van der Waals surface area contributed by atoms with Crippen LogP contribution in [0.15, 0.2) is 18.3 Å². The topological polar surface area (TPSA) is 52.6 Å². The van der Waals surface area contributed by atoms with E-state index in [0.29, 0.717) is 17.2 Å². The van der Waals surface area contributed by atoms with Crippen molar-refractivity contribution >= 4 is 16.6 Å². The Morgan fingerprint density at radius 1 is 1.05 bits per heavy atom. The van der Waals surface area contributed by atoms with Gasteiger partial charge in [0.1, 0.15) is 5.82 Å². The van der Waals surface area contributed by atoms with E-state index in [9.17, 15) is 0 Å². The first-order valence-electron chi connectivity index (χ1n) is 6.08. The Morgan fingerprint density at radius 3 is 2.37 bits per heavy atom. The number of nitrogens with zero attached hydrogens (tertiary/aromatic N) is 1. The molecule has 0 saturated carbocycles. The van der Waals surface area contributed by atoms with Crippen LogP contribution in [0.5, 0.6) is 17.2 Å². The molecule has 102 valence electrons. The fraction of sp³-hybridized carbons (Fsp3) is 0.357. The third kappa shape index (κ3) is 2.23. The van der Waals surface area contributed by atoms with Crippen molar-refractivity contribution in [2.75, 3.05) is 33.2 Å². The van der Waals surface area contributed by atoms with Crippen molar-refractivity contribution in [2.24, 2.45) is 0 Å². The van der Waals surface area contributed by atoms with Gasteiger partial charge < -0.3 is 19.5 Å². The molecule has 0 spiro atoms. The molecule has 1 N–H and O–H groups in total. The largest absolute Gasteiger partial charge is 0.493 e. The summed E-state index contributed by atoms with van der Waals surface area (Å²) in [5, 5.41) is 5.11. The molecule has 2 aromatic rings. The lowest BCUT2D eigenvalue weighted by molar-refractivity contribution is 0.327. The molecule has 0 radical (unpaired) electrons. The minimum atomic E-state index is 0.589. The number of pyridine rings is 1. The molecule has 2 rings (SSSR count). The SMILES string of the molecule is CCNc1nccc2c(OC)c(OC)c(OC)cc12. The van der Waals surface area contributed by atoms with Crippen LogP contribution in [0.1, 0.15) is 6.92 Å². The first-order valence-corrected chi connectivity index (χ1v) is 6.08. The Morgan fingerprint density at radius 2 is 1.79 bits per heavy atom. The van der Waals surface area contributed by atoms with Gasteiger partial charge >= 0.3 is 0 Å². The highest BCUT2D eigenvalue weighted by molar-refractivity contribution is 5.99. The number of anilines is 1. The summed E-state index contributed by atoms with van der Waals surface area (Å²) in [6.07, 6.45) is 1.74. The summed E-state index contributed by atoms with van der Waals surface area (Å²) in [6, 6.07) is 3.80. The maximum atomic E-state index is 5.46. The second-order valence-electron chi connectivity index (χ2n) is 3.93. The van der Waals surface area contributed by atoms with Gasteiger partial charge in [0.25, 0.3) is 0 Å². The van der Waals surface area contributed by atoms with E-state index in [1.165, 1.54) is 0 Å². The van der Waals surface area contributed by atoms with E-state index < -0.39 is 0 Å². The predicted molar refractivity (Wildman–Crippen MR) is 75.6 cm³/mol. The average Bonchev–Trinajstić information content (AvgIpc) is 2.45. The maximum absolute atomic E-state index is 5.46. The summed E-state index contributed by atoms with van der Waals surface area (Å²) in [5.74, 6) is 2.67. The number of hydrogen-bond donors (Lipinski definition) is 1. The Kier molecular flexibility index (Phi) is 3.94. The van der Waals surface area contributed by atoms with Crippen LogP contribution >= 0.6 is 0 Å². The molecule has 5 heteroatoms. The molecule has 0 atom stereocenters. The van der Waals surface area contributed by atoms with E-state index >= 15 is 0 Å². The van der Waals surface area contributed by atoms with Gasteiger partial charge in [0.15, 0.2) is 11.5 Å². The third-order valence-electron chi connectivity index (χ3n) is 2.91. The quantitative estimate of drug-likeness (QED) is 0.897. The smallest absolute Gasteiger partial charge is 0.203 e. The molecule has 0 aliphatic heterocycles. The minimum absolute atomic E-state index is 0.589. The number of nitrogens with one attached hydrogen (secondary N) is 1. The Bertz CT molecular complexity index is 584. The van der Waals surface area contributed by atoms with Gasteiger partial charge in [-0.25, -0.2) is 4.98 Å². The molecule has 1 aromatic heterocycles. The molecule has 0 aliphatic carbocycles. The zero-order valence-electron chi connectivity index (χ0n) is 11.6. The molecule has 1 aromatic carbocycles. The molecule has 19 heavy (non-hydrogen) atoms. The van der Waals surface area contributed by atoms with E-state index in [1.807, 2.05) is 19.1 Å². The second-order valence-corrected chi connectivity index (χ2v) is 3.93. The van der Waals surface area contributed by atoms with Gasteiger partial charge in [-0.1, -0.05) is 0 Å². The second kappa shape index (κ2) is 5.65. The van der Waals surface area contributed by atoms with E-state index in [2.05, 4.69) is 10.3 Å². The summed E-state index contributed by atoms with van der Waals surface area (Å²) < 4.78 is 16.2. The molecule has 0 saturated heterocycles. The lowest BCUT2D eigenvalue weighted by atomic mass is 10.1. The zero-order chi connectivity index (χ0) is 13.8. The van der Waals surface area contributed by atoms with Crippen LogP contribution < -0.4 is 19.5 Å². The third-order valence-corrected chi connectivity index (χ3v) is 2.91. The average molecular weight is 262 g/mol. The number of aromatic nitrogens is 1. The molecule has 0 aliphatic rings. The highest BCUT2D eigenvalue weighted by Crippen LogP contribution is 2.44. The fourth-order valence-corrected chi connectivity index (χ4v) is 2.10. The standard InChI is InChI=1S/C14H18N2O3/c1-5-15-14-10-8-11(17-2)13(19-4)12(18-3)9(10)6-7-16-14/h6-8H,5H2,1-4H3,(H,15,16). The first kappa shape index (κ1) is 13.3. The van der Waals surface area contributed by atoms with Gasteiger partial charge in [-0.2, -0.15) is 0 Å². The maximum Gasteiger partial charge on any atom is 0.203 e. The summed E-state index contributed by atoms with van der Waals surface area (Å²) in [7, 11) is 4.81. The Labute approximate surface area is 112 Å². The van der Waals surface area contributed by atoms with Gasteiger partial charge in [-0.05, 0) is 19.1 Å². The fourth-order valence-electron chi connectivity index (χ4n) is 2.10. The van der Waals surface area contributed by atoms with E-state index in [-0.39, 0.29) is 0 Å². The van der Waals surface area contributed by atoms with E-state index in [1.54, 1.807) is 27.5 Å².